The third-order valence-corrected chi connectivity index (χ3v) is 4.79. The molecule has 0 aromatic heterocycles. The van der Waals surface area contributed by atoms with Crippen LogP contribution < -0.4 is 5.32 Å². The molecule has 2 aromatic carbocycles. The van der Waals surface area contributed by atoms with Gasteiger partial charge in [-0.15, -0.1) is 24.8 Å². The Morgan fingerprint density at radius 1 is 0.917 bits per heavy atom. The minimum absolute atomic E-state index is 0. The van der Waals surface area contributed by atoms with Gasteiger partial charge in [-0.3, -0.25) is 4.90 Å². The van der Waals surface area contributed by atoms with E-state index in [1.807, 2.05) is 0 Å². The lowest BCUT2D eigenvalue weighted by atomic mass is 9.92. The van der Waals surface area contributed by atoms with Crippen LogP contribution in [0.25, 0.3) is 10.8 Å². The molecule has 1 N–H and O–H groups in total. The van der Waals surface area contributed by atoms with Crippen molar-refractivity contribution < 1.29 is 0 Å². The van der Waals surface area contributed by atoms with Crippen molar-refractivity contribution >= 4 is 35.6 Å². The molecule has 3 rings (SSSR count). The molecule has 1 saturated heterocycles. The molecule has 0 saturated carbocycles. The highest BCUT2D eigenvalue weighted by atomic mass is 35.5. The van der Waals surface area contributed by atoms with Crippen molar-refractivity contribution in [3.63, 3.8) is 0 Å². The van der Waals surface area contributed by atoms with E-state index in [1.54, 1.807) is 0 Å². The summed E-state index contributed by atoms with van der Waals surface area (Å²) in [4.78, 5) is 2.68. The molecule has 24 heavy (non-hydrogen) atoms. The van der Waals surface area contributed by atoms with Crippen molar-refractivity contribution in [3.8, 4) is 0 Å². The molecule has 1 aliphatic rings. The molecule has 1 atom stereocenters. The molecule has 0 aliphatic carbocycles. The number of hydrogen-bond acceptors (Lipinski definition) is 2. The highest BCUT2D eigenvalue weighted by molar-refractivity contribution is 5.86. The second-order valence-corrected chi connectivity index (χ2v) is 6.84. The minimum atomic E-state index is 0. The molecule has 0 bridgehead atoms. The minimum Gasteiger partial charge on any atom is -0.314 e. The Bertz CT molecular complexity index is 604. The molecule has 4 heteroatoms. The predicted molar refractivity (Wildman–Crippen MR) is 110 cm³/mol. The van der Waals surface area contributed by atoms with E-state index in [9.17, 15) is 0 Å². The lowest BCUT2D eigenvalue weighted by molar-refractivity contribution is 0.161. The first-order chi connectivity index (χ1) is 10.8. The Kier molecular flexibility index (Phi) is 9.07. The summed E-state index contributed by atoms with van der Waals surface area (Å²) in [6.45, 7) is 9.21. The number of halogens is 2. The summed E-state index contributed by atoms with van der Waals surface area (Å²) >= 11 is 0. The fourth-order valence-corrected chi connectivity index (χ4v) is 3.56. The van der Waals surface area contributed by atoms with Gasteiger partial charge in [-0.1, -0.05) is 56.3 Å². The van der Waals surface area contributed by atoms with Crippen LogP contribution >= 0.6 is 24.8 Å². The largest absolute Gasteiger partial charge is 0.314 e. The van der Waals surface area contributed by atoms with Crippen LogP contribution in [0.2, 0.25) is 0 Å². The molecule has 1 heterocycles. The van der Waals surface area contributed by atoms with Crippen molar-refractivity contribution in [1.82, 2.24) is 10.2 Å². The number of benzene rings is 2. The highest BCUT2D eigenvalue weighted by Crippen LogP contribution is 2.32. The molecule has 134 valence electrons. The molecule has 0 amide bonds. The molecule has 1 fully saturated rings. The van der Waals surface area contributed by atoms with Crippen LogP contribution in [0.15, 0.2) is 42.5 Å². The summed E-state index contributed by atoms with van der Waals surface area (Å²) in [5, 5.41) is 6.27. The third kappa shape index (κ3) is 5.10. The standard InChI is InChI=1S/C20H28N2.2ClH/c1-16(2)10-11-20(22-14-12-21-13-15-22)19-9-5-7-17-6-3-4-8-18(17)19;;/h3-9,16,20-21H,10-15H2,1-2H3;2*1H/t20-;;/m0../s1. The van der Waals surface area contributed by atoms with Gasteiger partial charge >= 0.3 is 0 Å². The fraction of sp³-hybridized carbons (Fsp3) is 0.500. The van der Waals surface area contributed by atoms with Crippen LogP contribution in [0.5, 0.6) is 0 Å². The van der Waals surface area contributed by atoms with E-state index in [4.69, 9.17) is 0 Å². The van der Waals surface area contributed by atoms with Gasteiger partial charge in [0, 0.05) is 32.2 Å². The first kappa shape index (κ1) is 21.2. The fourth-order valence-electron chi connectivity index (χ4n) is 3.56. The van der Waals surface area contributed by atoms with Crippen molar-refractivity contribution in [2.24, 2.45) is 5.92 Å². The van der Waals surface area contributed by atoms with E-state index in [1.165, 1.54) is 29.2 Å². The topological polar surface area (TPSA) is 15.3 Å². The number of piperazine rings is 1. The second-order valence-electron chi connectivity index (χ2n) is 6.84. The van der Waals surface area contributed by atoms with Crippen molar-refractivity contribution in [3.05, 3.63) is 48.0 Å². The van der Waals surface area contributed by atoms with Gasteiger partial charge in [0.25, 0.3) is 0 Å². The molecule has 2 aromatic rings. The van der Waals surface area contributed by atoms with Crippen LogP contribution in [-0.2, 0) is 0 Å². The average Bonchev–Trinajstić information content (AvgIpc) is 2.56. The van der Waals surface area contributed by atoms with Crippen molar-refractivity contribution in [2.45, 2.75) is 32.7 Å². The first-order valence-corrected chi connectivity index (χ1v) is 8.68. The summed E-state index contributed by atoms with van der Waals surface area (Å²) in [5.74, 6) is 0.764. The Morgan fingerprint density at radius 2 is 1.58 bits per heavy atom. The van der Waals surface area contributed by atoms with Crippen LogP contribution in [0.3, 0.4) is 0 Å². The quantitative estimate of drug-likeness (QED) is 0.792. The Labute approximate surface area is 158 Å². The SMILES string of the molecule is CC(C)CC[C@@H](c1cccc2ccccc12)N1CCNCC1.Cl.Cl. The highest BCUT2D eigenvalue weighted by Gasteiger charge is 2.23. The molecule has 0 unspecified atom stereocenters. The maximum Gasteiger partial charge on any atom is 0.0355 e. The zero-order valence-electron chi connectivity index (χ0n) is 14.7. The zero-order valence-corrected chi connectivity index (χ0v) is 16.3. The maximum atomic E-state index is 3.48. The van der Waals surface area contributed by atoms with Crippen molar-refractivity contribution in [1.29, 1.82) is 0 Å². The summed E-state index contributed by atoms with van der Waals surface area (Å²) < 4.78 is 0. The van der Waals surface area contributed by atoms with Gasteiger partial charge in [0.1, 0.15) is 0 Å². The summed E-state index contributed by atoms with van der Waals surface area (Å²) in [7, 11) is 0. The van der Waals surface area contributed by atoms with Crippen LogP contribution in [0.4, 0.5) is 0 Å². The van der Waals surface area contributed by atoms with Gasteiger partial charge in [0.15, 0.2) is 0 Å². The monoisotopic (exact) mass is 368 g/mol. The van der Waals surface area contributed by atoms with E-state index >= 15 is 0 Å². The van der Waals surface area contributed by atoms with Crippen LogP contribution in [-0.4, -0.2) is 31.1 Å². The maximum absolute atomic E-state index is 3.48. The second kappa shape index (κ2) is 10.2. The molecule has 0 radical (unpaired) electrons. The van der Waals surface area contributed by atoms with Gasteiger partial charge in [-0.2, -0.15) is 0 Å². The number of nitrogens with one attached hydrogen (secondary N) is 1. The smallest absolute Gasteiger partial charge is 0.0355 e. The predicted octanol–water partition coefficient (Wildman–Crippen LogP) is 5.07. The van der Waals surface area contributed by atoms with Crippen molar-refractivity contribution in [2.75, 3.05) is 26.2 Å². The van der Waals surface area contributed by atoms with E-state index in [0.29, 0.717) is 6.04 Å². The number of hydrogen-bond donors (Lipinski definition) is 1. The van der Waals surface area contributed by atoms with Gasteiger partial charge in [0.05, 0.1) is 0 Å². The number of nitrogens with zero attached hydrogens (tertiary/aromatic N) is 1. The molecular weight excluding hydrogens is 339 g/mol. The molecular formula is C20H30Cl2N2. The van der Waals surface area contributed by atoms with Gasteiger partial charge in [-0.25, -0.2) is 0 Å². The van der Waals surface area contributed by atoms with E-state index in [2.05, 4.69) is 66.5 Å². The Hall–Kier alpha value is -0.800. The van der Waals surface area contributed by atoms with Crippen LogP contribution in [0, 0.1) is 5.92 Å². The molecule has 1 aliphatic heterocycles. The van der Waals surface area contributed by atoms with Gasteiger partial charge in [0.2, 0.25) is 0 Å². The number of rotatable bonds is 5. The van der Waals surface area contributed by atoms with E-state index in [-0.39, 0.29) is 24.8 Å². The Balaban J connectivity index is 0.00000144. The summed E-state index contributed by atoms with van der Waals surface area (Å²) in [6, 6.07) is 16.2. The summed E-state index contributed by atoms with van der Waals surface area (Å²) in [5.41, 5.74) is 1.51. The molecule has 0 spiro atoms. The lowest BCUT2D eigenvalue weighted by Crippen LogP contribution is -2.45. The zero-order chi connectivity index (χ0) is 15.4. The first-order valence-electron chi connectivity index (χ1n) is 8.68. The third-order valence-electron chi connectivity index (χ3n) is 4.79. The van der Waals surface area contributed by atoms with Gasteiger partial charge in [-0.05, 0) is 35.1 Å². The van der Waals surface area contributed by atoms with Crippen LogP contribution in [0.1, 0.15) is 38.3 Å². The van der Waals surface area contributed by atoms with E-state index in [0.717, 1.165) is 32.1 Å². The molecule has 2 nitrogen and oxygen atoms in total. The Morgan fingerprint density at radius 3 is 2.29 bits per heavy atom. The number of fused-ring (bicyclic) bond motifs is 1. The average molecular weight is 369 g/mol. The van der Waals surface area contributed by atoms with E-state index < -0.39 is 0 Å². The summed E-state index contributed by atoms with van der Waals surface area (Å²) in [6.07, 6.45) is 2.55. The normalized spacial score (nSPS) is 16.5. The lowest BCUT2D eigenvalue weighted by Gasteiger charge is -2.36. The van der Waals surface area contributed by atoms with Gasteiger partial charge < -0.3 is 5.32 Å².